The smallest absolute Gasteiger partial charge is 0.319 e. The van der Waals surface area contributed by atoms with E-state index in [9.17, 15) is 14.7 Å². The van der Waals surface area contributed by atoms with Crippen LogP contribution in [0.4, 0.5) is 4.79 Å². The Labute approximate surface area is 126 Å². The Morgan fingerprint density at radius 1 is 1.24 bits per heavy atom. The lowest BCUT2D eigenvalue weighted by Gasteiger charge is -2.49. The molecule has 1 saturated heterocycles. The third kappa shape index (κ3) is 3.00. The van der Waals surface area contributed by atoms with E-state index >= 15 is 0 Å². The van der Waals surface area contributed by atoms with E-state index in [0.717, 1.165) is 12.8 Å². The first-order chi connectivity index (χ1) is 9.77. The van der Waals surface area contributed by atoms with E-state index in [2.05, 4.69) is 19.0 Å². The summed E-state index contributed by atoms with van der Waals surface area (Å²) in [5.74, 6) is -1.22. The standard InChI is InChI=1S/C15H27N3O3/c1-11-8-18(9-12(11)13(19)20)14(21)17(4)10-15(16(2)3)6-5-7-15/h11-12H,5-10H2,1-4H3,(H,19,20)/t11-,12-/m1/s1. The lowest BCUT2D eigenvalue weighted by molar-refractivity contribution is -0.142. The number of aliphatic carboxylic acids is 1. The molecule has 2 rings (SSSR count). The Balaban J connectivity index is 1.96. The Morgan fingerprint density at radius 3 is 2.24 bits per heavy atom. The summed E-state index contributed by atoms with van der Waals surface area (Å²) < 4.78 is 0. The lowest BCUT2D eigenvalue weighted by Crippen LogP contribution is -2.58. The largest absolute Gasteiger partial charge is 0.481 e. The summed E-state index contributed by atoms with van der Waals surface area (Å²) in [6, 6.07) is -0.0428. The summed E-state index contributed by atoms with van der Waals surface area (Å²) in [7, 11) is 5.95. The van der Waals surface area contributed by atoms with Crippen LogP contribution in [-0.4, -0.2) is 78.1 Å². The summed E-state index contributed by atoms with van der Waals surface area (Å²) in [5.41, 5.74) is 0.0992. The van der Waals surface area contributed by atoms with Crippen LogP contribution in [0, 0.1) is 11.8 Å². The zero-order valence-corrected chi connectivity index (χ0v) is 13.5. The zero-order valence-electron chi connectivity index (χ0n) is 13.5. The molecule has 1 saturated carbocycles. The van der Waals surface area contributed by atoms with Crippen molar-refractivity contribution in [2.24, 2.45) is 11.8 Å². The van der Waals surface area contributed by atoms with Gasteiger partial charge in [-0.2, -0.15) is 0 Å². The number of rotatable bonds is 4. The first kappa shape index (κ1) is 16.1. The fraction of sp³-hybridized carbons (Fsp3) is 0.867. The maximum atomic E-state index is 12.5. The van der Waals surface area contributed by atoms with Crippen molar-refractivity contribution in [1.82, 2.24) is 14.7 Å². The van der Waals surface area contributed by atoms with E-state index in [-0.39, 0.29) is 17.5 Å². The molecule has 1 N–H and O–H groups in total. The van der Waals surface area contributed by atoms with Gasteiger partial charge in [-0.15, -0.1) is 0 Å². The van der Waals surface area contributed by atoms with Crippen molar-refractivity contribution in [3.63, 3.8) is 0 Å². The second-order valence-corrected chi connectivity index (χ2v) is 6.94. The Kier molecular flexibility index (Phi) is 4.46. The third-order valence-electron chi connectivity index (χ3n) is 5.29. The van der Waals surface area contributed by atoms with Crippen LogP contribution in [0.1, 0.15) is 26.2 Å². The molecule has 6 heteroatoms. The van der Waals surface area contributed by atoms with E-state index in [4.69, 9.17) is 0 Å². The number of likely N-dealkylation sites (tertiary alicyclic amines) is 1. The van der Waals surface area contributed by atoms with Crippen molar-refractivity contribution in [1.29, 1.82) is 0 Å². The molecular formula is C15H27N3O3. The fourth-order valence-electron chi connectivity index (χ4n) is 3.53. The molecule has 0 bridgehead atoms. The predicted molar refractivity (Wildman–Crippen MR) is 80.2 cm³/mol. The maximum Gasteiger partial charge on any atom is 0.319 e. The highest BCUT2D eigenvalue weighted by molar-refractivity contribution is 5.77. The van der Waals surface area contributed by atoms with Gasteiger partial charge in [0.25, 0.3) is 0 Å². The number of hydrogen-bond donors (Lipinski definition) is 1. The van der Waals surface area contributed by atoms with Gasteiger partial charge in [0.1, 0.15) is 0 Å². The number of nitrogens with zero attached hydrogens (tertiary/aromatic N) is 3. The first-order valence-corrected chi connectivity index (χ1v) is 7.67. The van der Waals surface area contributed by atoms with Gasteiger partial charge in [-0.1, -0.05) is 6.92 Å². The molecule has 0 aromatic rings. The number of carboxylic acid groups (broad SMARTS) is 1. The number of hydrogen-bond acceptors (Lipinski definition) is 3. The van der Waals surface area contributed by atoms with Gasteiger partial charge in [0.05, 0.1) is 5.92 Å². The SMILES string of the molecule is C[C@@H]1CN(C(=O)N(C)CC2(N(C)C)CCC2)C[C@H]1C(=O)O. The van der Waals surface area contributed by atoms with Crippen molar-refractivity contribution in [2.75, 3.05) is 40.8 Å². The molecule has 6 nitrogen and oxygen atoms in total. The number of likely N-dealkylation sites (N-methyl/N-ethyl adjacent to an activating group) is 2. The van der Waals surface area contributed by atoms with Crippen molar-refractivity contribution in [3.05, 3.63) is 0 Å². The van der Waals surface area contributed by atoms with E-state index in [0.29, 0.717) is 19.6 Å². The fourth-order valence-corrected chi connectivity index (χ4v) is 3.53. The highest BCUT2D eigenvalue weighted by Gasteiger charge is 2.43. The van der Waals surface area contributed by atoms with E-state index < -0.39 is 11.9 Å². The molecule has 1 heterocycles. The molecule has 1 aliphatic heterocycles. The molecular weight excluding hydrogens is 270 g/mol. The van der Waals surface area contributed by atoms with Gasteiger partial charge in [0.15, 0.2) is 0 Å². The van der Waals surface area contributed by atoms with Gasteiger partial charge in [0.2, 0.25) is 0 Å². The molecule has 2 fully saturated rings. The van der Waals surface area contributed by atoms with Crippen LogP contribution in [0.15, 0.2) is 0 Å². The molecule has 0 radical (unpaired) electrons. The third-order valence-corrected chi connectivity index (χ3v) is 5.29. The van der Waals surface area contributed by atoms with Gasteiger partial charge in [-0.25, -0.2) is 4.79 Å². The summed E-state index contributed by atoms with van der Waals surface area (Å²) in [6.07, 6.45) is 3.44. The topological polar surface area (TPSA) is 64.1 Å². The van der Waals surface area contributed by atoms with Crippen LogP contribution in [0.5, 0.6) is 0 Å². The van der Waals surface area contributed by atoms with E-state index in [1.807, 2.05) is 14.0 Å². The van der Waals surface area contributed by atoms with Crippen LogP contribution < -0.4 is 0 Å². The Bertz CT molecular complexity index is 420. The molecule has 2 aliphatic rings. The highest BCUT2D eigenvalue weighted by Crippen LogP contribution is 2.37. The summed E-state index contributed by atoms with van der Waals surface area (Å²) in [5, 5.41) is 9.17. The molecule has 0 unspecified atom stereocenters. The average molecular weight is 297 g/mol. The van der Waals surface area contributed by atoms with Crippen molar-refractivity contribution in [3.8, 4) is 0 Å². The van der Waals surface area contributed by atoms with Crippen molar-refractivity contribution >= 4 is 12.0 Å². The molecule has 2 amide bonds. The molecule has 0 aromatic heterocycles. The van der Waals surface area contributed by atoms with E-state index in [1.54, 1.807) is 9.80 Å². The Hall–Kier alpha value is -1.30. The summed E-state index contributed by atoms with van der Waals surface area (Å²) >= 11 is 0. The van der Waals surface area contributed by atoms with Crippen LogP contribution in [0.3, 0.4) is 0 Å². The van der Waals surface area contributed by atoms with Gasteiger partial charge >= 0.3 is 12.0 Å². The average Bonchev–Trinajstić information content (AvgIpc) is 2.74. The summed E-state index contributed by atoms with van der Waals surface area (Å²) in [6.45, 7) is 3.48. The van der Waals surface area contributed by atoms with Gasteiger partial charge < -0.3 is 19.8 Å². The molecule has 2 atom stereocenters. The number of amides is 2. The van der Waals surface area contributed by atoms with Crippen LogP contribution in [-0.2, 0) is 4.79 Å². The van der Waals surface area contributed by atoms with Crippen LogP contribution >= 0.6 is 0 Å². The summed E-state index contributed by atoms with van der Waals surface area (Å²) in [4.78, 5) is 29.4. The Morgan fingerprint density at radius 2 is 1.86 bits per heavy atom. The number of carbonyl (C=O) groups excluding carboxylic acids is 1. The minimum atomic E-state index is -0.802. The second-order valence-electron chi connectivity index (χ2n) is 6.94. The minimum Gasteiger partial charge on any atom is -0.481 e. The van der Waals surface area contributed by atoms with Gasteiger partial charge in [-0.3, -0.25) is 4.79 Å². The molecule has 120 valence electrons. The zero-order chi connectivity index (χ0) is 15.8. The first-order valence-electron chi connectivity index (χ1n) is 7.67. The normalized spacial score (nSPS) is 27.6. The molecule has 0 aromatic carbocycles. The number of carbonyl (C=O) groups is 2. The number of urea groups is 1. The van der Waals surface area contributed by atoms with Gasteiger partial charge in [-0.05, 0) is 39.3 Å². The second kappa shape index (κ2) is 5.83. The minimum absolute atomic E-state index is 0.0198. The predicted octanol–water partition coefficient (Wildman–Crippen LogP) is 1.18. The molecule has 21 heavy (non-hydrogen) atoms. The van der Waals surface area contributed by atoms with Crippen LogP contribution in [0.25, 0.3) is 0 Å². The van der Waals surface area contributed by atoms with E-state index in [1.165, 1.54) is 6.42 Å². The van der Waals surface area contributed by atoms with Crippen LogP contribution in [0.2, 0.25) is 0 Å². The van der Waals surface area contributed by atoms with Gasteiger partial charge in [0, 0.05) is 32.2 Å². The van der Waals surface area contributed by atoms with Crippen molar-refractivity contribution < 1.29 is 14.7 Å². The quantitative estimate of drug-likeness (QED) is 0.846. The maximum absolute atomic E-state index is 12.5. The molecule has 0 spiro atoms. The van der Waals surface area contributed by atoms with Crippen molar-refractivity contribution in [2.45, 2.75) is 31.7 Å². The lowest BCUT2D eigenvalue weighted by atomic mass is 9.75. The number of carboxylic acids is 1. The highest BCUT2D eigenvalue weighted by atomic mass is 16.4. The monoisotopic (exact) mass is 297 g/mol. The molecule has 1 aliphatic carbocycles.